The Hall–Kier alpha value is -2.77. The molecule has 3 rings (SSSR count). The number of methoxy groups -OCH3 is 1. The van der Waals surface area contributed by atoms with Crippen LogP contribution in [0.15, 0.2) is 28.9 Å². The highest BCUT2D eigenvalue weighted by Crippen LogP contribution is 2.24. The average Bonchev–Trinajstić information content (AvgIpc) is 3.28. The van der Waals surface area contributed by atoms with Crippen LogP contribution in [0.2, 0.25) is 0 Å². The van der Waals surface area contributed by atoms with Crippen LogP contribution < -0.4 is 0 Å². The number of piperidine rings is 1. The molecule has 2 fully saturated rings. The molecule has 2 amide bonds. The molecular weight excluding hydrogens is 328 g/mol. The molecule has 2 aliphatic rings. The third kappa shape index (κ3) is 3.67. The zero-order chi connectivity index (χ0) is 17.8. The number of carbonyl (C=O) groups is 3. The summed E-state index contributed by atoms with van der Waals surface area (Å²) in [5.74, 6) is 0.0260. The first-order valence-corrected chi connectivity index (χ1v) is 8.13. The van der Waals surface area contributed by atoms with Crippen LogP contribution in [0.4, 0.5) is 4.79 Å². The third-order valence-electron chi connectivity index (χ3n) is 4.49. The Morgan fingerprint density at radius 2 is 2.08 bits per heavy atom. The van der Waals surface area contributed by atoms with E-state index in [2.05, 4.69) is 0 Å². The molecule has 1 aromatic heterocycles. The van der Waals surface area contributed by atoms with Gasteiger partial charge in [-0.2, -0.15) is 0 Å². The molecule has 1 unspecified atom stereocenters. The number of ether oxygens (including phenoxy) is 2. The van der Waals surface area contributed by atoms with Crippen molar-refractivity contribution < 1.29 is 28.3 Å². The normalized spacial score (nSPS) is 21.6. The first kappa shape index (κ1) is 17.1. The monoisotopic (exact) mass is 348 g/mol. The molecule has 0 radical (unpaired) electrons. The van der Waals surface area contributed by atoms with Crippen molar-refractivity contribution in [1.82, 2.24) is 9.80 Å². The van der Waals surface area contributed by atoms with E-state index in [-0.39, 0.29) is 18.6 Å². The van der Waals surface area contributed by atoms with Gasteiger partial charge in [-0.25, -0.2) is 9.59 Å². The summed E-state index contributed by atoms with van der Waals surface area (Å²) in [4.78, 5) is 39.1. The zero-order valence-electron chi connectivity index (χ0n) is 13.9. The molecule has 2 saturated heterocycles. The highest BCUT2D eigenvalue weighted by molar-refractivity contribution is 5.91. The second kappa shape index (κ2) is 7.42. The second-order valence-electron chi connectivity index (χ2n) is 5.93. The van der Waals surface area contributed by atoms with Gasteiger partial charge in [0.1, 0.15) is 12.4 Å². The highest BCUT2D eigenvalue weighted by Gasteiger charge is 2.43. The fourth-order valence-electron chi connectivity index (χ4n) is 3.16. The van der Waals surface area contributed by atoms with Gasteiger partial charge in [0.2, 0.25) is 5.91 Å². The van der Waals surface area contributed by atoms with Crippen LogP contribution in [-0.2, 0) is 19.1 Å². The molecule has 0 saturated carbocycles. The number of hydrogen-bond donors (Lipinski definition) is 0. The van der Waals surface area contributed by atoms with E-state index in [0.29, 0.717) is 31.7 Å². The van der Waals surface area contributed by atoms with Crippen molar-refractivity contribution in [1.29, 1.82) is 0 Å². The van der Waals surface area contributed by atoms with Crippen LogP contribution in [-0.4, -0.2) is 66.7 Å². The van der Waals surface area contributed by atoms with E-state index in [0.717, 1.165) is 0 Å². The van der Waals surface area contributed by atoms with Crippen molar-refractivity contribution in [2.75, 3.05) is 26.8 Å². The molecule has 25 heavy (non-hydrogen) atoms. The van der Waals surface area contributed by atoms with Crippen molar-refractivity contribution in [2.24, 2.45) is 0 Å². The Morgan fingerprint density at radius 3 is 2.72 bits per heavy atom. The van der Waals surface area contributed by atoms with E-state index in [1.807, 2.05) is 0 Å². The van der Waals surface area contributed by atoms with E-state index in [1.54, 1.807) is 29.4 Å². The van der Waals surface area contributed by atoms with Gasteiger partial charge < -0.3 is 18.8 Å². The first-order chi connectivity index (χ1) is 12.1. The average molecular weight is 348 g/mol. The van der Waals surface area contributed by atoms with Gasteiger partial charge in [-0.3, -0.25) is 9.69 Å². The fraction of sp³-hybridized carbons (Fsp3) is 0.471. The molecule has 3 heterocycles. The van der Waals surface area contributed by atoms with E-state index in [4.69, 9.17) is 13.9 Å². The molecule has 8 heteroatoms. The summed E-state index contributed by atoms with van der Waals surface area (Å²) in [7, 11) is 1.29. The number of amides is 2. The second-order valence-corrected chi connectivity index (χ2v) is 5.93. The molecule has 0 spiro atoms. The first-order valence-electron chi connectivity index (χ1n) is 8.13. The van der Waals surface area contributed by atoms with Crippen LogP contribution in [0.3, 0.4) is 0 Å². The SMILES string of the molecule is COC(=O)C1COC(=O)N1C1CCN(C(=O)C=Cc2ccco2)CC1. The minimum atomic E-state index is -0.705. The Morgan fingerprint density at radius 1 is 1.32 bits per heavy atom. The topological polar surface area (TPSA) is 89.3 Å². The van der Waals surface area contributed by atoms with Gasteiger partial charge in [0.25, 0.3) is 0 Å². The lowest BCUT2D eigenvalue weighted by atomic mass is 10.0. The number of rotatable bonds is 4. The van der Waals surface area contributed by atoms with Crippen LogP contribution in [0, 0.1) is 0 Å². The Balaban J connectivity index is 1.57. The van der Waals surface area contributed by atoms with Crippen LogP contribution >= 0.6 is 0 Å². The smallest absolute Gasteiger partial charge is 0.410 e. The molecule has 0 aliphatic carbocycles. The van der Waals surface area contributed by atoms with Gasteiger partial charge in [0, 0.05) is 25.2 Å². The van der Waals surface area contributed by atoms with Crippen molar-refractivity contribution >= 4 is 24.0 Å². The maximum absolute atomic E-state index is 12.2. The molecule has 0 bridgehead atoms. The minimum absolute atomic E-state index is 0.0105. The highest BCUT2D eigenvalue weighted by atomic mass is 16.6. The molecule has 2 aliphatic heterocycles. The van der Waals surface area contributed by atoms with Gasteiger partial charge in [0.15, 0.2) is 6.04 Å². The van der Waals surface area contributed by atoms with Crippen molar-refractivity contribution in [3.05, 3.63) is 30.2 Å². The predicted octanol–water partition coefficient (Wildman–Crippen LogP) is 1.28. The molecule has 1 atom stereocenters. The van der Waals surface area contributed by atoms with E-state index < -0.39 is 18.1 Å². The van der Waals surface area contributed by atoms with Gasteiger partial charge in [-0.05, 0) is 31.1 Å². The van der Waals surface area contributed by atoms with Gasteiger partial charge in [-0.15, -0.1) is 0 Å². The minimum Gasteiger partial charge on any atom is -0.467 e. The molecule has 1 aromatic rings. The fourth-order valence-corrected chi connectivity index (χ4v) is 3.16. The third-order valence-corrected chi connectivity index (χ3v) is 4.49. The van der Waals surface area contributed by atoms with E-state index in [1.165, 1.54) is 18.1 Å². The molecule has 0 N–H and O–H groups in total. The van der Waals surface area contributed by atoms with Gasteiger partial charge in [-0.1, -0.05) is 0 Å². The summed E-state index contributed by atoms with van der Waals surface area (Å²) >= 11 is 0. The summed E-state index contributed by atoms with van der Waals surface area (Å²) in [5.41, 5.74) is 0. The lowest BCUT2D eigenvalue weighted by molar-refractivity contribution is -0.146. The molecule has 134 valence electrons. The quantitative estimate of drug-likeness (QED) is 0.601. The van der Waals surface area contributed by atoms with Crippen LogP contribution in [0.25, 0.3) is 6.08 Å². The number of cyclic esters (lactones) is 1. The summed E-state index contributed by atoms with van der Waals surface area (Å²) in [6, 6.07) is 2.67. The van der Waals surface area contributed by atoms with Crippen LogP contribution in [0.1, 0.15) is 18.6 Å². The maximum Gasteiger partial charge on any atom is 0.410 e. The number of nitrogens with zero attached hydrogens (tertiary/aromatic N) is 2. The molecular formula is C17H20N2O6. The largest absolute Gasteiger partial charge is 0.467 e. The summed E-state index contributed by atoms with van der Waals surface area (Å²) in [5, 5.41) is 0. The van der Waals surface area contributed by atoms with Gasteiger partial charge >= 0.3 is 12.1 Å². The van der Waals surface area contributed by atoms with Crippen molar-refractivity contribution in [3.8, 4) is 0 Å². The number of furan rings is 1. The summed E-state index contributed by atoms with van der Waals surface area (Å²) in [6.45, 7) is 1.02. The molecule has 8 nitrogen and oxygen atoms in total. The number of carbonyl (C=O) groups excluding carboxylic acids is 3. The van der Waals surface area contributed by atoms with E-state index >= 15 is 0 Å². The van der Waals surface area contributed by atoms with Crippen LogP contribution in [0.5, 0.6) is 0 Å². The maximum atomic E-state index is 12.2. The lowest BCUT2D eigenvalue weighted by Crippen LogP contribution is -2.51. The zero-order valence-corrected chi connectivity index (χ0v) is 13.9. The van der Waals surface area contributed by atoms with E-state index in [9.17, 15) is 14.4 Å². The summed E-state index contributed by atoms with van der Waals surface area (Å²) in [6.07, 6.45) is 5.31. The Kier molecular flexibility index (Phi) is 5.06. The summed E-state index contributed by atoms with van der Waals surface area (Å²) < 4.78 is 14.9. The predicted molar refractivity (Wildman–Crippen MR) is 86.3 cm³/mol. The number of likely N-dealkylation sites (tertiary alicyclic amines) is 1. The standard InChI is InChI=1S/C17H20N2O6/c1-23-16(21)14-11-25-17(22)19(14)12-6-8-18(9-7-12)15(20)5-4-13-3-2-10-24-13/h2-5,10,12,14H,6-9,11H2,1H3. The van der Waals surface area contributed by atoms with Crippen molar-refractivity contribution in [3.63, 3.8) is 0 Å². The van der Waals surface area contributed by atoms with Crippen molar-refractivity contribution in [2.45, 2.75) is 24.9 Å². The lowest BCUT2D eigenvalue weighted by Gasteiger charge is -2.36. The Bertz CT molecular complexity index is 661. The Labute approximate surface area is 145 Å². The number of esters is 1. The number of hydrogen-bond acceptors (Lipinski definition) is 6. The molecule has 0 aromatic carbocycles. The van der Waals surface area contributed by atoms with Gasteiger partial charge in [0.05, 0.1) is 13.4 Å².